The molecule has 0 bridgehead atoms. The largest absolute Gasteiger partial charge is 0.393 e. The molecule has 7 aromatic heterocycles. The number of halogens is 8. The van der Waals surface area contributed by atoms with E-state index in [-0.39, 0.29) is 53.9 Å². The van der Waals surface area contributed by atoms with Crippen LogP contribution in [0.15, 0.2) is 173 Å². The molecule has 7 saturated heterocycles. The van der Waals surface area contributed by atoms with Gasteiger partial charge in [-0.15, -0.1) is 0 Å². The van der Waals surface area contributed by atoms with Gasteiger partial charge in [0.15, 0.2) is 86.8 Å². The lowest BCUT2D eigenvalue weighted by molar-refractivity contribution is -0.122. The van der Waals surface area contributed by atoms with E-state index in [1.165, 1.54) is 19.3 Å². The van der Waals surface area contributed by atoms with Crippen LogP contribution >= 0.6 is 22.6 Å². The molecule has 7 fully saturated rings. The molecule has 0 aromatic carbocycles. The molecule has 804 valence electrons. The molecular formula is C79H103F7IN37O24. The Labute approximate surface area is 840 Å². The van der Waals surface area contributed by atoms with E-state index >= 15 is 0 Å². The SMILES string of the molecule is CC[C@@]1(CN=[N+]=[N-])O[C@@H](n2cc(I)c(=O)[nH]c2=O)[C@H](F)[C@@H]1C.CC[C@@]1(CN=[N+]=[N-])O[C@@H](n2ccc(=O)[nH]c2=O)[C@H](F)[C@@H]1C.C[C@H]1[C@@H](F)[C@H](n2ccc(=O)[nH]c2=O)O[C@@]1(CO)CN=[N+]=[N-].[2H]c1cn([C@@H]2O[C@@](CC)(CN=[N+]=[N-])[C@@H](C)[C@H]2F)c(=O)[nH]c1=N.[2H]c1cn([C@@H]2O[C@@](CC)(CN=[N+]=[N-])[C@@H](C)[C@H]2F)c(=O)[nH]c1=O.[2H]c1cn([C@@H]2O[C@@](CO)(CN=[N+]=[N-])[C@@H](O)[C@H]2F)c(=O)[nH]c1=N.[N-]=[N+]=NC[C@]1(CO)O[C@@H](n2ccc(=O)[nH]c2=O)[C@H](F)[C@@H]1O. The Morgan fingerprint density at radius 1 is 0.338 bits per heavy atom. The number of nitrogens with zero attached hydrogens (tertiary/aromatic N) is 28. The van der Waals surface area contributed by atoms with Gasteiger partial charge in [0.2, 0.25) is 0 Å². The highest BCUT2D eigenvalue weighted by Gasteiger charge is 2.61. The third-order valence-electron chi connectivity index (χ3n) is 26.4. The lowest BCUT2D eigenvalue weighted by Crippen LogP contribution is -2.48. The Kier molecular flexibility index (Phi) is 39.6. The number of rotatable bonds is 28. The number of aliphatic hydroxyl groups excluding tert-OH is 5. The maximum absolute atomic E-state index is 14.7. The number of alkyl halides is 7. The van der Waals surface area contributed by atoms with Crippen LogP contribution in [0.5, 0.6) is 0 Å². The molecule has 0 unspecified atom stereocenters. The van der Waals surface area contributed by atoms with Crippen LogP contribution in [0.1, 0.15) is 136 Å². The minimum atomic E-state index is -2.11. The molecule has 7 aliphatic rings. The first-order valence-corrected chi connectivity index (χ1v) is 45.4. The average molecular weight is 2220 g/mol. The third-order valence-corrected chi connectivity index (χ3v) is 27.2. The van der Waals surface area contributed by atoms with Crippen LogP contribution in [-0.4, -0.2) is 253 Å². The third kappa shape index (κ3) is 25.6. The van der Waals surface area contributed by atoms with Gasteiger partial charge in [-0.2, -0.15) is 0 Å². The van der Waals surface area contributed by atoms with Crippen molar-refractivity contribution in [2.45, 2.75) is 226 Å². The fraction of sp³-hybridized carbons (Fsp3) is 0.646. The number of aromatic amines is 7. The summed E-state index contributed by atoms with van der Waals surface area (Å²) < 4.78 is 169. The zero-order valence-corrected chi connectivity index (χ0v) is 81.5. The summed E-state index contributed by atoms with van der Waals surface area (Å²) in [5.41, 5.74) is 40.0. The molecule has 0 amide bonds. The monoisotopic (exact) mass is 2220 g/mol. The molecule has 14 heterocycles. The van der Waals surface area contributed by atoms with Crippen molar-refractivity contribution in [3.8, 4) is 0 Å². The van der Waals surface area contributed by atoms with E-state index in [1.807, 2.05) is 19.9 Å². The molecular weight excluding hydrogens is 2110 g/mol. The van der Waals surface area contributed by atoms with Gasteiger partial charge in [0.25, 0.3) is 27.8 Å². The predicted octanol–water partition coefficient (Wildman–Crippen LogP) is 4.53. The average Bonchev–Trinajstić information content (AvgIpc) is 1.63. The van der Waals surface area contributed by atoms with Crippen LogP contribution in [-0.2, 0) is 33.2 Å². The van der Waals surface area contributed by atoms with E-state index in [1.54, 1.807) is 78.0 Å². The van der Waals surface area contributed by atoms with Crippen molar-refractivity contribution in [2.75, 3.05) is 65.6 Å². The molecule has 0 spiro atoms. The smallest absolute Gasteiger partial charge is 0.330 e. The summed E-state index contributed by atoms with van der Waals surface area (Å²) in [6, 6.07) is 2.08. The van der Waals surface area contributed by atoms with E-state index < -0.39 is 280 Å². The van der Waals surface area contributed by atoms with Gasteiger partial charge in [0.05, 0.1) is 95.7 Å². The summed E-state index contributed by atoms with van der Waals surface area (Å²) >= 11 is 1.76. The first kappa shape index (κ1) is 114. The van der Waals surface area contributed by atoms with Crippen molar-refractivity contribution in [1.29, 1.82) is 10.8 Å². The Hall–Kier alpha value is -14.3. The second-order valence-electron chi connectivity index (χ2n) is 34.2. The van der Waals surface area contributed by atoms with Gasteiger partial charge >= 0.3 is 39.8 Å². The molecule has 28 atom stereocenters. The van der Waals surface area contributed by atoms with E-state index in [0.717, 1.165) is 76.6 Å². The van der Waals surface area contributed by atoms with Crippen LogP contribution in [0.2, 0.25) is 0 Å². The summed E-state index contributed by atoms with van der Waals surface area (Å²) in [7, 11) is 0. The zero-order valence-electron chi connectivity index (χ0n) is 82.3. The molecule has 14 N–H and O–H groups in total. The normalized spacial score (nSPS) is 32.0. The van der Waals surface area contributed by atoms with Gasteiger partial charge < -0.3 is 58.7 Å². The highest BCUT2D eigenvalue weighted by molar-refractivity contribution is 14.1. The van der Waals surface area contributed by atoms with Gasteiger partial charge in [-0.1, -0.05) is 98.1 Å². The van der Waals surface area contributed by atoms with Crippen molar-refractivity contribution in [3.63, 3.8) is 0 Å². The highest BCUT2D eigenvalue weighted by Crippen LogP contribution is 2.51. The molecule has 148 heavy (non-hydrogen) atoms. The fourth-order valence-electron chi connectivity index (χ4n) is 17.0. The van der Waals surface area contributed by atoms with Crippen molar-refractivity contribution in [2.24, 2.45) is 65.4 Å². The maximum atomic E-state index is 14.7. The fourth-order valence-corrected chi connectivity index (χ4v) is 17.5. The lowest BCUT2D eigenvalue weighted by Gasteiger charge is -2.30. The van der Waals surface area contributed by atoms with Gasteiger partial charge in [0.1, 0.15) is 40.0 Å². The number of aliphatic hydroxyl groups is 5. The molecule has 7 aliphatic heterocycles. The van der Waals surface area contributed by atoms with E-state index in [9.17, 15) is 114 Å². The first-order chi connectivity index (χ1) is 71.3. The summed E-state index contributed by atoms with van der Waals surface area (Å²) in [4.78, 5) is 171. The van der Waals surface area contributed by atoms with Crippen LogP contribution in [0, 0.1) is 44.0 Å². The molecule has 61 nitrogen and oxygen atoms in total. The second kappa shape index (κ2) is 51.4. The van der Waals surface area contributed by atoms with Gasteiger partial charge in [0, 0.05) is 132 Å². The van der Waals surface area contributed by atoms with Crippen molar-refractivity contribution < 1.29 is 93.5 Å². The Bertz CT molecular complexity index is 6570. The van der Waals surface area contributed by atoms with E-state index in [0.29, 0.717) is 30.3 Å². The Morgan fingerprint density at radius 2 is 0.547 bits per heavy atom. The van der Waals surface area contributed by atoms with Gasteiger partial charge in [-0.3, -0.25) is 102 Å². The van der Waals surface area contributed by atoms with E-state index in [2.05, 4.69) is 85.1 Å². The predicted molar refractivity (Wildman–Crippen MR) is 504 cm³/mol. The number of H-pyrrole nitrogens is 7. The maximum Gasteiger partial charge on any atom is 0.330 e. The van der Waals surface area contributed by atoms with Crippen molar-refractivity contribution in [1.82, 2.24) is 66.9 Å². The molecule has 0 saturated carbocycles. The summed E-state index contributed by atoms with van der Waals surface area (Å²) in [5, 5.41) is 86.3. The lowest BCUT2D eigenvalue weighted by atomic mass is 9.85. The van der Waals surface area contributed by atoms with Crippen LogP contribution in [0.25, 0.3) is 73.1 Å². The van der Waals surface area contributed by atoms with Crippen LogP contribution in [0.3, 0.4) is 0 Å². The van der Waals surface area contributed by atoms with Crippen molar-refractivity contribution in [3.05, 3.63) is 293 Å². The molecule has 14 rings (SSSR count). The topological polar surface area (TPSA) is 905 Å². The second-order valence-corrected chi connectivity index (χ2v) is 35.3. The zero-order chi connectivity index (χ0) is 113. The minimum Gasteiger partial charge on any atom is -0.393 e. The molecule has 0 aliphatic carbocycles. The molecule has 7 aromatic rings. The Morgan fingerprint density at radius 3 is 0.818 bits per heavy atom. The number of hydrogen-bond acceptors (Lipinski definition) is 33. The van der Waals surface area contributed by atoms with Gasteiger partial charge in [-0.25, -0.2) is 64.3 Å². The Balaban J connectivity index is 0.000000214. The number of nitrogens with one attached hydrogen (secondary N) is 9. The number of hydrogen-bond donors (Lipinski definition) is 14. The number of azide groups is 7. The standard InChI is InChI=1S/C12H15FIN5O3.C12H17FN6O2.2C12H16FN5O3.C11H14FN5O4.C10H13FN6O4.C10H12FN5O5/c1-3-12(5-16-18-15)6(2)8(13)10(22-12)19-4-7(14)9(20)17-11(19)21;1-3-12(6-16-18-15)7(2)9(13)10(21-12)19-5-4-8(14)17-11(19)20;2*1-3-12(6-15-17-14)7(2)9(13)10(21-12)18-5-4-8(19)16-11(18)20;1-6-8(12)9(17-3-2-7(19)15-10(17)20)21-11(6,5-18)4-14-16-13;11-6-7(19)10(4-18,3-14-16-13)21-8(6)17-2-1-5(12)15-9(17)20;11-6-7(19)10(4-17,3-13-15-12)21-8(6)16-2-1-5(18)14-9(16)20/h4,6,8,10H,3,5H2,1-2H3,(H,17,20,21);4-5,7,9-10H,3,6H2,1-2H3,(H2,14,17,20);2*4-5,7,9-10H,3,6H2,1-2H3,(H,16,19,20);2-3,6,8-9,18H,4-5H2,1H3,(H,15,19,20);1-2,6-8,18-19H,3-4H2,(H2,12,15,20);1-2,6-8,17,19H,3-4H2,(H,14,18,20)/t6-,8+,10+,12-;3*7-,9+,10+,12-;6-,8+,9+,11+;2*6-,7+,8-,10-/m0000011/s1/i;2*4D;;;1D;. The van der Waals surface area contributed by atoms with Gasteiger partial charge in [-0.05, 0) is 99.1 Å². The number of aromatic nitrogens is 14. The van der Waals surface area contributed by atoms with Crippen LogP contribution in [0.4, 0.5) is 30.7 Å². The minimum absolute atomic E-state index is 0.0177. The van der Waals surface area contributed by atoms with E-state index in [4.69, 9.17) is 86.8 Å². The summed E-state index contributed by atoms with van der Waals surface area (Å²) in [6.07, 6.45) is -15.6. The van der Waals surface area contributed by atoms with Crippen LogP contribution < -0.4 is 78.6 Å². The quantitative estimate of drug-likeness (QED) is 0.0105. The van der Waals surface area contributed by atoms with Crippen molar-refractivity contribution >= 4 is 22.6 Å². The molecule has 0 radical (unpaired) electrons. The molecule has 69 heteroatoms. The first-order valence-electron chi connectivity index (χ1n) is 45.8. The highest BCUT2D eigenvalue weighted by atomic mass is 127. The summed E-state index contributed by atoms with van der Waals surface area (Å²) in [6.45, 7) is 11.5. The summed E-state index contributed by atoms with van der Waals surface area (Å²) in [5.74, 6) is -3.15. The number of ether oxygens (including phenoxy) is 7.